The summed E-state index contributed by atoms with van der Waals surface area (Å²) in [6.45, 7) is 10.1. The van der Waals surface area contributed by atoms with Crippen LogP contribution < -0.4 is 11.1 Å². The second-order valence-corrected chi connectivity index (χ2v) is 5.21. The number of nitrogens with two attached hydrogens (primary N) is 1. The van der Waals surface area contributed by atoms with Crippen molar-refractivity contribution in [2.75, 3.05) is 19.7 Å². The topological polar surface area (TPSA) is 64.3 Å². The number of ether oxygens (including phenoxy) is 1. The van der Waals surface area contributed by atoms with E-state index in [0.29, 0.717) is 38.0 Å². The Labute approximate surface area is 117 Å². The second kappa shape index (κ2) is 11.8. The van der Waals surface area contributed by atoms with Crippen LogP contribution in [0.25, 0.3) is 0 Å². The van der Waals surface area contributed by atoms with Crippen molar-refractivity contribution >= 4 is 18.3 Å². The van der Waals surface area contributed by atoms with Crippen LogP contribution in [0.1, 0.15) is 40.5 Å². The first kappa shape index (κ1) is 20.0. The van der Waals surface area contributed by atoms with Gasteiger partial charge < -0.3 is 15.8 Å². The molecule has 0 fully saturated rings. The van der Waals surface area contributed by atoms with Crippen LogP contribution in [0.3, 0.4) is 0 Å². The molecule has 0 saturated heterocycles. The molecule has 4 nitrogen and oxygen atoms in total. The number of carbonyl (C=O) groups excluding carboxylic acids is 1. The predicted octanol–water partition coefficient (Wildman–Crippen LogP) is 1.96. The molecule has 2 atom stereocenters. The zero-order chi connectivity index (χ0) is 13.3. The molecule has 0 aromatic rings. The van der Waals surface area contributed by atoms with Crippen molar-refractivity contribution in [1.29, 1.82) is 0 Å². The van der Waals surface area contributed by atoms with E-state index in [9.17, 15) is 4.79 Å². The Morgan fingerprint density at radius 1 is 1.28 bits per heavy atom. The summed E-state index contributed by atoms with van der Waals surface area (Å²) in [4.78, 5) is 11.4. The van der Waals surface area contributed by atoms with Crippen LogP contribution in [0.5, 0.6) is 0 Å². The fourth-order valence-electron chi connectivity index (χ4n) is 1.54. The minimum Gasteiger partial charge on any atom is -0.378 e. The van der Waals surface area contributed by atoms with Crippen LogP contribution in [0.4, 0.5) is 0 Å². The Kier molecular flexibility index (Phi) is 13.1. The van der Waals surface area contributed by atoms with Crippen molar-refractivity contribution < 1.29 is 9.53 Å². The average molecular weight is 281 g/mol. The van der Waals surface area contributed by atoms with Crippen LogP contribution in [0.15, 0.2) is 0 Å². The van der Waals surface area contributed by atoms with Gasteiger partial charge in [-0.25, -0.2) is 0 Å². The third-order valence-corrected chi connectivity index (χ3v) is 2.58. The summed E-state index contributed by atoms with van der Waals surface area (Å²) in [6.07, 6.45) is 1.69. The summed E-state index contributed by atoms with van der Waals surface area (Å²) < 4.78 is 5.57. The van der Waals surface area contributed by atoms with Crippen LogP contribution in [-0.4, -0.2) is 31.7 Å². The number of amides is 1. The minimum atomic E-state index is 0. The lowest BCUT2D eigenvalue weighted by molar-refractivity contribution is -0.122. The van der Waals surface area contributed by atoms with Crippen molar-refractivity contribution in [3.05, 3.63) is 0 Å². The molecule has 0 aliphatic carbocycles. The van der Waals surface area contributed by atoms with E-state index in [2.05, 4.69) is 26.1 Å². The van der Waals surface area contributed by atoms with Gasteiger partial charge in [0.05, 0.1) is 12.7 Å². The molecule has 0 aromatic heterocycles. The minimum absolute atomic E-state index is 0. The highest BCUT2D eigenvalue weighted by molar-refractivity contribution is 5.85. The average Bonchev–Trinajstić information content (AvgIpc) is 2.24. The van der Waals surface area contributed by atoms with Gasteiger partial charge in [0.2, 0.25) is 5.91 Å². The van der Waals surface area contributed by atoms with E-state index < -0.39 is 0 Å². The number of hydrogen-bond acceptors (Lipinski definition) is 3. The SMILES string of the molecule is CC(C)CC(C)OCCC(=O)NCC(C)CN.Cl. The van der Waals surface area contributed by atoms with E-state index in [1.807, 2.05) is 6.92 Å². The third-order valence-electron chi connectivity index (χ3n) is 2.58. The van der Waals surface area contributed by atoms with E-state index in [4.69, 9.17) is 10.5 Å². The first-order chi connectivity index (χ1) is 7.95. The summed E-state index contributed by atoms with van der Waals surface area (Å²) in [7, 11) is 0. The van der Waals surface area contributed by atoms with Crippen LogP contribution >= 0.6 is 12.4 Å². The smallest absolute Gasteiger partial charge is 0.222 e. The van der Waals surface area contributed by atoms with Gasteiger partial charge in [0, 0.05) is 13.0 Å². The molecule has 0 aliphatic heterocycles. The third kappa shape index (κ3) is 12.1. The first-order valence-electron chi connectivity index (χ1n) is 6.54. The fraction of sp³-hybridized carbons (Fsp3) is 0.923. The van der Waals surface area contributed by atoms with E-state index in [1.165, 1.54) is 0 Å². The molecular weight excluding hydrogens is 252 g/mol. The normalized spacial score (nSPS) is 13.9. The van der Waals surface area contributed by atoms with E-state index in [0.717, 1.165) is 6.42 Å². The molecule has 5 heteroatoms. The molecule has 3 N–H and O–H groups in total. The van der Waals surface area contributed by atoms with E-state index >= 15 is 0 Å². The lowest BCUT2D eigenvalue weighted by Gasteiger charge is -2.15. The number of nitrogens with one attached hydrogen (secondary N) is 1. The highest BCUT2D eigenvalue weighted by Gasteiger charge is 2.07. The highest BCUT2D eigenvalue weighted by atomic mass is 35.5. The molecule has 0 saturated carbocycles. The molecule has 18 heavy (non-hydrogen) atoms. The van der Waals surface area contributed by atoms with Crippen molar-refractivity contribution in [2.45, 2.75) is 46.6 Å². The van der Waals surface area contributed by atoms with Crippen LogP contribution in [0, 0.1) is 11.8 Å². The van der Waals surface area contributed by atoms with E-state index in [-0.39, 0.29) is 24.4 Å². The number of halogens is 1. The Balaban J connectivity index is 0. The number of rotatable bonds is 9. The van der Waals surface area contributed by atoms with Gasteiger partial charge in [0.25, 0.3) is 0 Å². The van der Waals surface area contributed by atoms with Crippen molar-refractivity contribution in [3.63, 3.8) is 0 Å². The molecule has 110 valence electrons. The lowest BCUT2D eigenvalue weighted by atomic mass is 10.1. The number of hydrogen-bond donors (Lipinski definition) is 2. The standard InChI is InChI=1S/C13H28N2O2.ClH/c1-10(2)7-12(4)17-6-5-13(16)15-9-11(3)8-14;/h10-12H,5-9,14H2,1-4H3,(H,15,16);1H. The molecule has 1 amide bonds. The quantitative estimate of drug-likeness (QED) is 0.679. The molecule has 0 radical (unpaired) electrons. The summed E-state index contributed by atoms with van der Waals surface area (Å²) in [5, 5.41) is 2.85. The first-order valence-corrected chi connectivity index (χ1v) is 6.54. The van der Waals surface area contributed by atoms with Crippen LogP contribution in [-0.2, 0) is 9.53 Å². The zero-order valence-corrected chi connectivity index (χ0v) is 12.9. The van der Waals surface area contributed by atoms with Crippen molar-refractivity contribution in [2.24, 2.45) is 17.6 Å². The van der Waals surface area contributed by atoms with Gasteiger partial charge >= 0.3 is 0 Å². The Bertz CT molecular complexity index is 213. The molecule has 0 spiro atoms. The van der Waals surface area contributed by atoms with E-state index in [1.54, 1.807) is 0 Å². The van der Waals surface area contributed by atoms with Crippen molar-refractivity contribution in [1.82, 2.24) is 5.32 Å². The fourth-order valence-corrected chi connectivity index (χ4v) is 1.54. The van der Waals surface area contributed by atoms with Gasteiger partial charge in [-0.3, -0.25) is 4.79 Å². The molecule has 0 rings (SSSR count). The Hall–Kier alpha value is -0.320. The predicted molar refractivity (Wildman–Crippen MR) is 78.0 cm³/mol. The van der Waals surface area contributed by atoms with Gasteiger partial charge in [0.1, 0.15) is 0 Å². The summed E-state index contributed by atoms with van der Waals surface area (Å²) >= 11 is 0. The highest BCUT2D eigenvalue weighted by Crippen LogP contribution is 2.07. The molecule has 2 unspecified atom stereocenters. The van der Waals surface area contributed by atoms with Gasteiger partial charge in [-0.2, -0.15) is 0 Å². The maximum Gasteiger partial charge on any atom is 0.222 e. The summed E-state index contributed by atoms with van der Waals surface area (Å²) in [5.74, 6) is 1.01. The molecule has 0 aromatic carbocycles. The van der Waals surface area contributed by atoms with Gasteiger partial charge in [-0.05, 0) is 31.7 Å². The maximum absolute atomic E-state index is 11.4. The number of carbonyl (C=O) groups is 1. The maximum atomic E-state index is 11.4. The second-order valence-electron chi connectivity index (χ2n) is 5.21. The molecular formula is C13H29ClN2O2. The van der Waals surface area contributed by atoms with Crippen molar-refractivity contribution in [3.8, 4) is 0 Å². The van der Waals surface area contributed by atoms with Gasteiger partial charge in [0.15, 0.2) is 0 Å². The molecule has 0 aliphatic rings. The summed E-state index contributed by atoms with van der Waals surface area (Å²) in [5.41, 5.74) is 5.47. The van der Waals surface area contributed by atoms with Gasteiger partial charge in [-0.1, -0.05) is 20.8 Å². The Morgan fingerprint density at radius 3 is 2.39 bits per heavy atom. The molecule has 0 heterocycles. The molecule has 0 bridgehead atoms. The van der Waals surface area contributed by atoms with Gasteiger partial charge in [-0.15, -0.1) is 12.4 Å². The summed E-state index contributed by atoms with van der Waals surface area (Å²) in [6, 6.07) is 0. The Morgan fingerprint density at radius 2 is 1.89 bits per heavy atom. The zero-order valence-electron chi connectivity index (χ0n) is 12.1. The largest absolute Gasteiger partial charge is 0.378 e. The lowest BCUT2D eigenvalue weighted by Crippen LogP contribution is -2.32. The monoisotopic (exact) mass is 280 g/mol. The van der Waals surface area contributed by atoms with Crippen LogP contribution in [0.2, 0.25) is 0 Å².